The highest BCUT2D eigenvalue weighted by Crippen LogP contribution is 2.15. The molecule has 0 unspecified atom stereocenters. The van der Waals surface area contributed by atoms with Gasteiger partial charge in [0.25, 0.3) is 11.8 Å². The van der Waals surface area contributed by atoms with Gasteiger partial charge in [-0.25, -0.2) is 4.98 Å². The van der Waals surface area contributed by atoms with Crippen LogP contribution >= 0.6 is 0 Å². The summed E-state index contributed by atoms with van der Waals surface area (Å²) >= 11 is 0. The van der Waals surface area contributed by atoms with Crippen molar-refractivity contribution in [1.82, 2.24) is 9.88 Å². The standard InChI is InChI=1S/C19H19N3O3/c1-13-3-2-4-14(11-13)18(24)21-17-12-15(5-8-20-17)19(25)22-9-6-16(23)7-10-22/h2-5,8,11-12H,6-7,9-10H2,1H3,(H,20,21,24). The molecular weight excluding hydrogens is 318 g/mol. The molecule has 0 spiro atoms. The molecule has 3 rings (SSSR count). The van der Waals surface area contributed by atoms with Gasteiger partial charge < -0.3 is 10.2 Å². The lowest BCUT2D eigenvalue weighted by atomic mass is 10.1. The summed E-state index contributed by atoms with van der Waals surface area (Å²) in [6.45, 7) is 2.79. The van der Waals surface area contributed by atoms with Gasteiger partial charge in [-0.05, 0) is 31.2 Å². The second-order valence-corrected chi connectivity index (χ2v) is 6.08. The van der Waals surface area contributed by atoms with E-state index in [1.165, 1.54) is 6.20 Å². The number of hydrogen-bond donors (Lipinski definition) is 1. The third-order valence-corrected chi connectivity index (χ3v) is 4.14. The van der Waals surface area contributed by atoms with E-state index in [0.29, 0.717) is 42.9 Å². The average Bonchev–Trinajstić information content (AvgIpc) is 2.62. The van der Waals surface area contributed by atoms with Gasteiger partial charge in [-0.15, -0.1) is 0 Å². The van der Waals surface area contributed by atoms with Crippen LogP contribution in [0.15, 0.2) is 42.6 Å². The van der Waals surface area contributed by atoms with E-state index >= 15 is 0 Å². The minimum Gasteiger partial charge on any atom is -0.338 e. The first-order valence-electron chi connectivity index (χ1n) is 8.18. The van der Waals surface area contributed by atoms with Gasteiger partial charge in [-0.2, -0.15) is 0 Å². The molecule has 0 bridgehead atoms. The second kappa shape index (κ2) is 7.25. The summed E-state index contributed by atoms with van der Waals surface area (Å²) in [5.41, 5.74) is 1.97. The predicted octanol–water partition coefficient (Wildman–Crippen LogP) is 2.45. The van der Waals surface area contributed by atoms with Crippen molar-refractivity contribution in [1.29, 1.82) is 0 Å². The van der Waals surface area contributed by atoms with Crippen molar-refractivity contribution in [2.45, 2.75) is 19.8 Å². The van der Waals surface area contributed by atoms with E-state index in [2.05, 4.69) is 10.3 Å². The molecule has 0 saturated carbocycles. The number of benzene rings is 1. The largest absolute Gasteiger partial charge is 0.338 e. The molecule has 1 aromatic heterocycles. The van der Waals surface area contributed by atoms with E-state index in [4.69, 9.17) is 0 Å². The zero-order valence-corrected chi connectivity index (χ0v) is 14.0. The van der Waals surface area contributed by atoms with Crippen LogP contribution in [-0.4, -0.2) is 40.6 Å². The number of anilines is 1. The summed E-state index contributed by atoms with van der Waals surface area (Å²) in [6, 6.07) is 10.4. The molecule has 2 heterocycles. The van der Waals surface area contributed by atoms with Crippen molar-refractivity contribution in [2.24, 2.45) is 0 Å². The summed E-state index contributed by atoms with van der Waals surface area (Å²) in [7, 11) is 0. The first kappa shape index (κ1) is 16.8. The number of nitrogens with zero attached hydrogens (tertiary/aromatic N) is 2. The highest BCUT2D eigenvalue weighted by Gasteiger charge is 2.22. The van der Waals surface area contributed by atoms with E-state index in [9.17, 15) is 14.4 Å². The topological polar surface area (TPSA) is 79.4 Å². The molecule has 0 atom stereocenters. The van der Waals surface area contributed by atoms with Gasteiger partial charge in [0.05, 0.1) is 0 Å². The number of carbonyl (C=O) groups is 3. The van der Waals surface area contributed by atoms with Crippen LogP contribution in [0.4, 0.5) is 5.82 Å². The maximum atomic E-state index is 12.5. The van der Waals surface area contributed by atoms with Crippen LogP contribution in [-0.2, 0) is 4.79 Å². The van der Waals surface area contributed by atoms with Gasteiger partial charge in [0.1, 0.15) is 11.6 Å². The number of rotatable bonds is 3. The zero-order chi connectivity index (χ0) is 17.8. The van der Waals surface area contributed by atoms with Gasteiger partial charge in [-0.3, -0.25) is 14.4 Å². The van der Waals surface area contributed by atoms with Crippen LogP contribution in [0.3, 0.4) is 0 Å². The minimum atomic E-state index is -0.274. The lowest BCUT2D eigenvalue weighted by Crippen LogP contribution is -2.38. The minimum absolute atomic E-state index is 0.152. The number of aryl methyl sites for hydroxylation is 1. The van der Waals surface area contributed by atoms with Crippen molar-refractivity contribution in [3.8, 4) is 0 Å². The Bertz CT molecular complexity index is 822. The third kappa shape index (κ3) is 4.09. The van der Waals surface area contributed by atoms with Crippen LogP contribution < -0.4 is 5.32 Å². The lowest BCUT2D eigenvalue weighted by Gasteiger charge is -2.26. The fourth-order valence-corrected chi connectivity index (χ4v) is 2.75. The zero-order valence-electron chi connectivity index (χ0n) is 14.0. The number of ketones is 1. The number of hydrogen-bond acceptors (Lipinski definition) is 4. The maximum absolute atomic E-state index is 12.5. The smallest absolute Gasteiger partial charge is 0.256 e. The quantitative estimate of drug-likeness (QED) is 0.933. The summed E-state index contributed by atoms with van der Waals surface area (Å²) < 4.78 is 0. The molecule has 1 aromatic carbocycles. The average molecular weight is 337 g/mol. The van der Waals surface area contributed by atoms with Crippen molar-refractivity contribution in [2.75, 3.05) is 18.4 Å². The number of carbonyl (C=O) groups excluding carboxylic acids is 3. The van der Waals surface area contributed by atoms with Gasteiger partial charge in [0.2, 0.25) is 0 Å². The maximum Gasteiger partial charge on any atom is 0.256 e. The Morgan fingerprint density at radius 3 is 2.56 bits per heavy atom. The molecule has 1 aliphatic rings. The summed E-state index contributed by atoms with van der Waals surface area (Å²) in [6.07, 6.45) is 2.29. The van der Waals surface area contributed by atoms with E-state index in [0.717, 1.165) is 5.56 Å². The highest BCUT2D eigenvalue weighted by molar-refractivity contribution is 6.04. The third-order valence-electron chi connectivity index (χ3n) is 4.14. The van der Waals surface area contributed by atoms with E-state index in [-0.39, 0.29) is 17.6 Å². The van der Waals surface area contributed by atoms with Gasteiger partial charge in [-0.1, -0.05) is 17.7 Å². The Labute approximate surface area is 145 Å². The molecule has 1 aliphatic heterocycles. The second-order valence-electron chi connectivity index (χ2n) is 6.08. The van der Waals surface area contributed by atoms with Crippen LogP contribution in [0, 0.1) is 6.92 Å². The van der Waals surface area contributed by atoms with Crippen molar-refractivity contribution < 1.29 is 14.4 Å². The molecule has 0 aliphatic carbocycles. The highest BCUT2D eigenvalue weighted by atomic mass is 16.2. The fraction of sp³-hybridized carbons (Fsp3) is 0.263. The number of amides is 2. The number of nitrogens with one attached hydrogen (secondary N) is 1. The van der Waals surface area contributed by atoms with Crippen molar-refractivity contribution >= 4 is 23.4 Å². The number of piperidine rings is 1. The molecule has 0 radical (unpaired) electrons. The Kier molecular flexibility index (Phi) is 4.88. The molecule has 1 saturated heterocycles. The van der Waals surface area contributed by atoms with E-state index in [1.807, 2.05) is 19.1 Å². The van der Waals surface area contributed by atoms with E-state index < -0.39 is 0 Å². The molecular formula is C19H19N3O3. The lowest BCUT2D eigenvalue weighted by molar-refractivity contribution is -0.120. The molecule has 6 nitrogen and oxygen atoms in total. The summed E-state index contributed by atoms with van der Waals surface area (Å²) in [5.74, 6) is 0.0839. The Morgan fingerprint density at radius 2 is 1.84 bits per heavy atom. The van der Waals surface area contributed by atoms with Gasteiger partial charge in [0.15, 0.2) is 0 Å². The first-order chi connectivity index (χ1) is 12.0. The monoisotopic (exact) mass is 337 g/mol. The van der Waals surface area contributed by atoms with Crippen molar-refractivity contribution in [3.05, 3.63) is 59.3 Å². The number of Topliss-reactive ketones (excluding diaryl/α,β-unsaturated/α-hetero) is 1. The van der Waals surface area contributed by atoms with Gasteiger partial charge >= 0.3 is 0 Å². The molecule has 1 fully saturated rings. The van der Waals surface area contributed by atoms with Crippen LogP contribution in [0.1, 0.15) is 39.1 Å². The molecule has 1 N–H and O–H groups in total. The Balaban J connectivity index is 1.72. The summed E-state index contributed by atoms with van der Waals surface area (Å²) in [4.78, 5) is 41.9. The fourth-order valence-electron chi connectivity index (χ4n) is 2.75. The summed E-state index contributed by atoms with van der Waals surface area (Å²) in [5, 5.41) is 2.72. The Hall–Kier alpha value is -3.02. The number of aromatic nitrogens is 1. The molecule has 6 heteroatoms. The van der Waals surface area contributed by atoms with Crippen LogP contribution in [0.5, 0.6) is 0 Å². The molecule has 128 valence electrons. The number of likely N-dealkylation sites (tertiary alicyclic amines) is 1. The van der Waals surface area contributed by atoms with Crippen LogP contribution in [0.25, 0.3) is 0 Å². The number of pyridine rings is 1. The van der Waals surface area contributed by atoms with Gasteiger partial charge in [0, 0.05) is 43.3 Å². The normalized spacial score (nSPS) is 14.3. The SMILES string of the molecule is Cc1cccc(C(=O)Nc2cc(C(=O)N3CCC(=O)CC3)ccn2)c1. The predicted molar refractivity (Wildman–Crippen MR) is 93.5 cm³/mol. The molecule has 25 heavy (non-hydrogen) atoms. The Morgan fingerprint density at radius 1 is 1.08 bits per heavy atom. The van der Waals surface area contributed by atoms with Crippen molar-refractivity contribution in [3.63, 3.8) is 0 Å². The molecule has 2 amide bonds. The van der Waals surface area contributed by atoms with E-state index in [1.54, 1.807) is 29.2 Å². The first-order valence-corrected chi connectivity index (χ1v) is 8.18. The molecule has 2 aromatic rings. The van der Waals surface area contributed by atoms with Crippen LogP contribution in [0.2, 0.25) is 0 Å².